The Labute approximate surface area is 175 Å². The molecule has 30 heavy (non-hydrogen) atoms. The Morgan fingerprint density at radius 1 is 0.967 bits per heavy atom. The number of likely N-dealkylation sites (tertiary alicyclic amines) is 1. The summed E-state index contributed by atoms with van der Waals surface area (Å²) >= 11 is 0. The molecule has 1 aliphatic rings. The molecule has 0 unspecified atom stereocenters. The smallest absolute Gasteiger partial charge is 0.256 e. The molecular weight excluding hydrogens is 403 g/mol. The number of fused-ring (bicyclic) bond motifs is 1. The number of amides is 1. The lowest BCUT2D eigenvalue weighted by Gasteiger charge is -2.32. The fourth-order valence-electron chi connectivity index (χ4n) is 3.88. The predicted octanol–water partition coefficient (Wildman–Crippen LogP) is 3.81. The van der Waals surface area contributed by atoms with Crippen molar-refractivity contribution < 1.29 is 17.6 Å². The summed E-state index contributed by atoms with van der Waals surface area (Å²) in [7, 11) is -3.64. The van der Waals surface area contributed by atoms with E-state index in [9.17, 15) is 17.6 Å². The molecule has 3 aromatic rings. The van der Waals surface area contributed by atoms with E-state index < -0.39 is 15.8 Å². The average Bonchev–Trinajstić information content (AvgIpc) is 2.77. The van der Waals surface area contributed by atoms with Crippen molar-refractivity contribution >= 4 is 26.7 Å². The topological polar surface area (TPSA) is 66.5 Å². The van der Waals surface area contributed by atoms with Gasteiger partial charge in [0.15, 0.2) is 0 Å². The number of sulfonamides is 1. The fraction of sp³-hybridized carbons (Fsp3) is 0.261. The molecule has 0 bridgehead atoms. The normalized spacial score (nSPS) is 15.4. The maximum atomic E-state index is 13.9. The molecule has 0 atom stereocenters. The molecule has 1 amide bonds. The molecule has 0 aromatic heterocycles. The van der Waals surface area contributed by atoms with Crippen LogP contribution in [0.1, 0.15) is 23.2 Å². The molecule has 1 N–H and O–H groups in total. The monoisotopic (exact) mass is 426 g/mol. The van der Waals surface area contributed by atoms with Gasteiger partial charge < -0.3 is 4.90 Å². The molecule has 1 aliphatic heterocycles. The van der Waals surface area contributed by atoms with Crippen LogP contribution in [-0.2, 0) is 10.0 Å². The van der Waals surface area contributed by atoms with E-state index in [4.69, 9.17) is 0 Å². The number of rotatable bonds is 5. The van der Waals surface area contributed by atoms with Crippen molar-refractivity contribution in [1.82, 2.24) is 9.62 Å². The van der Waals surface area contributed by atoms with E-state index in [0.29, 0.717) is 37.9 Å². The molecular formula is C23H23FN2O3S. The first-order valence-electron chi connectivity index (χ1n) is 9.97. The Kier molecular flexibility index (Phi) is 5.83. The van der Waals surface area contributed by atoms with Gasteiger partial charge in [0.2, 0.25) is 10.0 Å². The number of nitrogens with zero attached hydrogens (tertiary/aromatic N) is 1. The summed E-state index contributed by atoms with van der Waals surface area (Å²) in [6.45, 7) is 1.27. The molecule has 0 saturated carbocycles. The summed E-state index contributed by atoms with van der Waals surface area (Å²) in [5.74, 6) is -0.713. The van der Waals surface area contributed by atoms with Crippen LogP contribution in [0.5, 0.6) is 0 Å². The van der Waals surface area contributed by atoms with Gasteiger partial charge in [0.25, 0.3) is 5.91 Å². The van der Waals surface area contributed by atoms with Crippen LogP contribution in [0.4, 0.5) is 4.39 Å². The Hall–Kier alpha value is -2.77. The van der Waals surface area contributed by atoms with Crippen LogP contribution in [0.15, 0.2) is 71.6 Å². The number of nitrogens with one attached hydrogen (secondary N) is 1. The number of halogens is 1. The molecule has 4 rings (SSSR count). The second-order valence-corrected chi connectivity index (χ2v) is 9.28. The van der Waals surface area contributed by atoms with E-state index in [0.717, 1.165) is 5.39 Å². The van der Waals surface area contributed by atoms with Crippen molar-refractivity contribution in [3.05, 3.63) is 78.1 Å². The van der Waals surface area contributed by atoms with Gasteiger partial charge in [-0.1, -0.05) is 48.5 Å². The largest absolute Gasteiger partial charge is 0.339 e. The first kappa shape index (κ1) is 20.5. The Balaban J connectivity index is 1.37. The van der Waals surface area contributed by atoms with Gasteiger partial charge >= 0.3 is 0 Å². The van der Waals surface area contributed by atoms with Gasteiger partial charge in [0, 0.05) is 25.0 Å². The van der Waals surface area contributed by atoms with Crippen molar-refractivity contribution in [3.8, 4) is 0 Å². The molecule has 7 heteroatoms. The maximum absolute atomic E-state index is 13.9. The standard InChI is InChI=1S/C23H23FN2O3S/c24-21-10-4-3-9-20(21)23(27)26-14-12-17(13-15-26)16-25-30(28,29)22-11-5-7-18-6-1-2-8-19(18)22/h1-11,17,25H,12-16H2. The summed E-state index contributed by atoms with van der Waals surface area (Å²) in [4.78, 5) is 14.4. The van der Waals surface area contributed by atoms with Gasteiger partial charge in [-0.3, -0.25) is 4.79 Å². The van der Waals surface area contributed by atoms with Crippen molar-refractivity contribution in [3.63, 3.8) is 0 Å². The molecule has 1 saturated heterocycles. The van der Waals surface area contributed by atoms with E-state index in [1.54, 1.807) is 35.2 Å². The highest BCUT2D eigenvalue weighted by Crippen LogP contribution is 2.24. The van der Waals surface area contributed by atoms with Gasteiger partial charge in [-0.15, -0.1) is 0 Å². The minimum atomic E-state index is -3.64. The van der Waals surface area contributed by atoms with Crippen LogP contribution in [0, 0.1) is 11.7 Å². The summed E-state index contributed by atoms with van der Waals surface area (Å²) in [6, 6.07) is 18.6. The molecule has 0 spiro atoms. The van der Waals surface area contributed by atoms with Gasteiger partial charge in [0.1, 0.15) is 5.82 Å². The lowest BCUT2D eigenvalue weighted by Crippen LogP contribution is -2.41. The van der Waals surface area contributed by atoms with E-state index in [-0.39, 0.29) is 22.3 Å². The minimum absolute atomic E-state index is 0.0765. The summed E-state index contributed by atoms with van der Waals surface area (Å²) < 4.78 is 42.3. The number of carbonyl (C=O) groups excluding carboxylic acids is 1. The number of benzene rings is 3. The van der Waals surface area contributed by atoms with E-state index in [1.165, 1.54) is 12.1 Å². The predicted molar refractivity (Wildman–Crippen MR) is 114 cm³/mol. The van der Waals surface area contributed by atoms with E-state index in [2.05, 4.69) is 4.72 Å². The lowest BCUT2D eigenvalue weighted by atomic mass is 9.96. The summed E-state index contributed by atoms with van der Waals surface area (Å²) in [5, 5.41) is 1.57. The summed E-state index contributed by atoms with van der Waals surface area (Å²) in [6.07, 6.45) is 1.33. The van der Waals surface area contributed by atoms with Crippen LogP contribution in [0.25, 0.3) is 10.8 Å². The third kappa shape index (κ3) is 4.22. The molecule has 1 fully saturated rings. The second-order valence-electron chi connectivity index (χ2n) is 7.54. The molecule has 5 nitrogen and oxygen atoms in total. The number of hydrogen-bond donors (Lipinski definition) is 1. The van der Waals surface area contributed by atoms with Crippen LogP contribution in [0.3, 0.4) is 0 Å². The van der Waals surface area contributed by atoms with Crippen molar-refractivity contribution in [2.24, 2.45) is 5.92 Å². The zero-order chi connectivity index (χ0) is 21.1. The zero-order valence-electron chi connectivity index (χ0n) is 16.4. The molecule has 1 heterocycles. The summed E-state index contributed by atoms with van der Waals surface area (Å²) in [5.41, 5.74) is 0.0765. The number of hydrogen-bond acceptors (Lipinski definition) is 3. The third-order valence-electron chi connectivity index (χ3n) is 5.61. The van der Waals surface area contributed by atoms with Crippen LogP contribution in [-0.4, -0.2) is 38.9 Å². The van der Waals surface area contributed by atoms with Gasteiger partial charge in [-0.2, -0.15) is 0 Å². The van der Waals surface area contributed by atoms with E-state index in [1.807, 2.05) is 24.3 Å². The highest BCUT2D eigenvalue weighted by molar-refractivity contribution is 7.89. The Morgan fingerprint density at radius 2 is 1.63 bits per heavy atom. The Morgan fingerprint density at radius 3 is 2.40 bits per heavy atom. The highest BCUT2D eigenvalue weighted by Gasteiger charge is 2.26. The second kappa shape index (κ2) is 8.53. The van der Waals surface area contributed by atoms with Gasteiger partial charge in [-0.05, 0) is 42.3 Å². The zero-order valence-corrected chi connectivity index (χ0v) is 17.2. The van der Waals surface area contributed by atoms with Crippen LogP contribution < -0.4 is 4.72 Å². The first-order valence-corrected chi connectivity index (χ1v) is 11.5. The fourth-order valence-corrected chi connectivity index (χ4v) is 5.22. The van der Waals surface area contributed by atoms with Gasteiger partial charge in [-0.25, -0.2) is 17.5 Å². The maximum Gasteiger partial charge on any atom is 0.256 e. The lowest BCUT2D eigenvalue weighted by molar-refractivity contribution is 0.0687. The quantitative estimate of drug-likeness (QED) is 0.675. The molecule has 0 radical (unpaired) electrons. The first-order chi connectivity index (χ1) is 14.5. The van der Waals surface area contributed by atoms with Crippen molar-refractivity contribution in [2.75, 3.05) is 19.6 Å². The highest BCUT2D eigenvalue weighted by atomic mass is 32.2. The van der Waals surface area contributed by atoms with Crippen LogP contribution >= 0.6 is 0 Å². The molecule has 156 valence electrons. The number of carbonyl (C=O) groups is 1. The van der Waals surface area contributed by atoms with Crippen molar-refractivity contribution in [2.45, 2.75) is 17.7 Å². The SMILES string of the molecule is O=C(c1ccccc1F)N1CCC(CNS(=O)(=O)c2cccc3ccccc23)CC1. The Bertz CT molecular complexity index is 1170. The van der Waals surface area contributed by atoms with Crippen molar-refractivity contribution in [1.29, 1.82) is 0 Å². The minimum Gasteiger partial charge on any atom is -0.339 e. The number of piperidine rings is 1. The average molecular weight is 427 g/mol. The van der Waals surface area contributed by atoms with E-state index >= 15 is 0 Å². The third-order valence-corrected chi connectivity index (χ3v) is 7.09. The van der Waals surface area contributed by atoms with Crippen LogP contribution in [0.2, 0.25) is 0 Å². The van der Waals surface area contributed by atoms with Gasteiger partial charge in [0.05, 0.1) is 10.5 Å². The molecule has 0 aliphatic carbocycles. The molecule has 3 aromatic carbocycles.